The van der Waals surface area contributed by atoms with Crippen molar-refractivity contribution in [2.24, 2.45) is 5.11 Å². The molecule has 106 valence electrons. The highest BCUT2D eigenvalue weighted by Crippen LogP contribution is 2.24. The molecule has 0 aromatic heterocycles. The first-order valence-corrected chi connectivity index (χ1v) is 6.63. The second kappa shape index (κ2) is 5.99. The van der Waals surface area contributed by atoms with E-state index < -0.39 is 5.97 Å². The van der Waals surface area contributed by atoms with E-state index in [9.17, 15) is 4.79 Å². The second-order valence-electron chi connectivity index (χ2n) is 4.61. The quantitative estimate of drug-likeness (QED) is 0.224. The molecule has 5 nitrogen and oxygen atoms in total. The Morgan fingerprint density at radius 3 is 2.50 bits per heavy atom. The molecule has 3 aromatic carbocycles. The van der Waals surface area contributed by atoms with Gasteiger partial charge in [0.2, 0.25) is 0 Å². The van der Waals surface area contributed by atoms with Crippen LogP contribution in [0.1, 0.15) is 10.4 Å². The summed E-state index contributed by atoms with van der Waals surface area (Å²) in [7, 11) is 0. The molecule has 0 aliphatic heterocycles. The summed E-state index contributed by atoms with van der Waals surface area (Å²) in [6.45, 7) is 0. The van der Waals surface area contributed by atoms with Gasteiger partial charge in [0, 0.05) is 4.91 Å². The largest absolute Gasteiger partial charge is 0.423 e. The number of hydrogen-bond acceptors (Lipinski definition) is 3. The molecule has 0 spiro atoms. The van der Waals surface area contributed by atoms with E-state index in [0.29, 0.717) is 5.75 Å². The number of benzene rings is 3. The second-order valence-corrected chi connectivity index (χ2v) is 4.61. The smallest absolute Gasteiger partial charge is 0.343 e. The summed E-state index contributed by atoms with van der Waals surface area (Å²) in [5.74, 6) is -0.113. The summed E-state index contributed by atoms with van der Waals surface area (Å²) in [6, 6.07) is 19.7. The molecule has 0 aliphatic carbocycles. The van der Waals surface area contributed by atoms with Crippen LogP contribution >= 0.6 is 0 Å². The highest BCUT2D eigenvalue weighted by molar-refractivity contribution is 5.96. The molecule has 0 heterocycles. The van der Waals surface area contributed by atoms with Crippen molar-refractivity contribution in [3.63, 3.8) is 0 Å². The predicted octanol–water partition coefficient (Wildman–Crippen LogP) is 5.00. The number of nitrogens with zero attached hydrogens (tertiary/aromatic N) is 3. The number of fused-ring (bicyclic) bond motifs is 1. The molecule has 0 atom stereocenters. The maximum absolute atomic E-state index is 12.2. The van der Waals surface area contributed by atoms with Crippen LogP contribution in [0.15, 0.2) is 71.8 Å². The average molecular weight is 289 g/mol. The molecule has 0 N–H and O–H groups in total. The van der Waals surface area contributed by atoms with Crippen LogP contribution in [-0.2, 0) is 0 Å². The Labute approximate surface area is 126 Å². The zero-order valence-corrected chi connectivity index (χ0v) is 11.5. The van der Waals surface area contributed by atoms with Crippen LogP contribution in [-0.4, -0.2) is 5.97 Å². The van der Waals surface area contributed by atoms with Gasteiger partial charge in [-0.2, -0.15) is 0 Å². The standard InChI is InChI=1S/C17H11N3O2/c18-20-19-16-8-4-3-7-15(16)17(21)22-14-10-9-12-5-1-2-6-13(12)11-14/h1-11H. The van der Waals surface area contributed by atoms with Crippen molar-refractivity contribution in [2.75, 3.05) is 0 Å². The molecule has 22 heavy (non-hydrogen) atoms. The van der Waals surface area contributed by atoms with Crippen LogP contribution < -0.4 is 4.74 Å². The zero-order valence-electron chi connectivity index (χ0n) is 11.5. The van der Waals surface area contributed by atoms with Crippen molar-refractivity contribution in [2.45, 2.75) is 0 Å². The predicted molar refractivity (Wildman–Crippen MR) is 84.2 cm³/mol. The molecule has 0 aliphatic rings. The molecule has 5 heteroatoms. The van der Waals surface area contributed by atoms with Crippen LogP contribution in [0.3, 0.4) is 0 Å². The number of esters is 1. The van der Waals surface area contributed by atoms with E-state index in [1.54, 1.807) is 36.4 Å². The fraction of sp³-hybridized carbons (Fsp3) is 0. The summed E-state index contributed by atoms with van der Waals surface area (Å²) in [4.78, 5) is 15.0. The van der Waals surface area contributed by atoms with Gasteiger partial charge in [-0.05, 0) is 34.5 Å². The van der Waals surface area contributed by atoms with Crippen molar-refractivity contribution in [3.05, 3.63) is 82.7 Å². The van der Waals surface area contributed by atoms with E-state index in [2.05, 4.69) is 10.0 Å². The lowest BCUT2D eigenvalue weighted by Crippen LogP contribution is -2.08. The molecule has 0 saturated heterocycles. The number of carbonyl (C=O) groups excluding carboxylic acids is 1. The van der Waals surface area contributed by atoms with Crippen LogP contribution in [0, 0.1) is 0 Å². The number of ether oxygens (including phenoxy) is 1. The van der Waals surface area contributed by atoms with Gasteiger partial charge in [-0.3, -0.25) is 0 Å². The van der Waals surface area contributed by atoms with E-state index in [0.717, 1.165) is 10.8 Å². The maximum atomic E-state index is 12.2. The molecule has 0 saturated carbocycles. The van der Waals surface area contributed by atoms with Gasteiger partial charge in [-0.15, -0.1) is 0 Å². The third-order valence-electron chi connectivity index (χ3n) is 3.21. The van der Waals surface area contributed by atoms with Gasteiger partial charge in [0.25, 0.3) is 0 Å². The molecule has 3 rings (SSSR count). The van der Waals surface area contributed by atoms with Crippen molar-refractivity contribution in [3.8, 4) is 5.75 Å². The SMILES string of the molecule is [N-]=[N+]=Nc1ccccc1C(=O)Oc1ccc2ccccc2c1. The Hall–Kier alpha value is -3.30. The minimum atomic E-state index is -0.557. The van der Waals surface area contributed by atoms with Gasteiger partial charge in [-0.1, -0.05) is 53.6 Å². The highest BCUT2D eigenvalue weighted by atomic mass is 16.5. The van der Waals surface area contributed by atoms with Crippen LogP contribution in [0.5, 0.6) is 5.75 Å². The monoisotopic (exact) mass is 289 g/mol. The van der Waals surface area contributed by atoms with Crippen molar-refractivity contribution >= 4 is 22.4 Å². The first-order valence-electron chi connectivity index (χ1n) is 6.63. The fourth-order valence-corrected chi connectivity index (χ4v) is 2.17. The Bertz CT molecular complexity index is 899. The van der Waals surface area contributed by atoms with Crippen LogP contribution in [0.4, 0.5) is 5.69 Å². The van der Waals surface area contributed by atoms with Crippen molar-refractivity contribution in [1.82, 2.24) is 0 Å². The Morgan fingerprint density at radius 2 is 1.68 bits per heavy atom. The molecule has 3 aromatic rings. The van der Waals surface area contributed by atoms with E-state index in [4.69, 9.17) is 10.3 Å². The normalized spacial score (nSPS) is 10.0. The molecule has 0 amide bonds. The topological polar surface area (TPSA) is 75.1 Å². The van der Waals surface area contributed by atoms with E-state index >= 15 is 0 Å². The van der Waals surface area contributed by atoms with Crippen LogP contribution in [0.2, 0.25) is 0 Å². The van der Waals surface area contributed by atoms with Gasteiger partial charge in [0.1, 0.15) is 5.75 Å². The molecular formula is C17H11N3O2. The zero-order chi connectivity index (χ0) is 15.4. The molecule has 0 radical (unpaired) electrons. The summed E-state index contributed by atoms with van der Waals surface area (Å²) < 4.78 is 5.37. The van der Waals surface area contributed by atoms with Gasteiger partial charge >= 0.3 is 5.97 Å². The summed E-state index contributed by atoms with van der Waals surface area (Å²) >= 11 is 0. The Balaban J connectivity index is 1.91. The van der Waals surface area contributed by atoms with Crippen molar-refractivity contribution in [1.29, 1.82) is 0 Å². The Morgan fingerprint density at radius 1 is 0.955 bits per heavy atom. The van der Waals surface area contributed by atoms with Gasteiger partial charge in [-0.25, -0.2) is 4.79 Å². The van der Waals surface area contributed by atoms with Gasteiger partial charge in [0.05, 0.1) is 11.3 Å². The number of azide groups is 1. The van der Waals surface area contributed by atoms with Crippen LogP contribution in [0.25, 0.3) is 21.2 Å². The minimum Gasteiger partial charge on any atom is -0.423 e. The molecule has 0 bridgehead atoms. The minimum absolute atomic E-state index is 0.230. The molecular weight excluding hydrogens is 278 g/mol. The molecule has 0 fully saturated rings. The number of carbonyl (C=O) groups is 1. The lowest BCUT2D eigenvalue weighted by atomic mass is 10.1. The number of rotatable bonds is 3. The Kier molecular flexibility index (Phi) is 3.72. The lowest BCUT2D eigenvalue weighted by Gasteiger charge is -2.07. The fourth-order valence-electron chi connectivity index (χ4n) is 2.17. The summed E-state index contributed by atoms with van der Waals surface area (Å²) in [5, 5.41) is 5.55. The van der Waals surface area contributed by atoms with Crippen molar-refractivity contribution < 1.29 is 9.53 Å². The third-order valence-corrected chi connectivity index (χ3v) is 3.21. The van der Waals surface area contributed by atoms with E-state index in [-0.39, 0.29) is 11.3 Å². The summed E-state index contributed by atoms with van der Waals surface area (Å²) in [5.41, 5.74) is 9.02. The van der Waals surface area contributed by atoms with Gasteiger partial charge in [0.15, 0.2) is 0 Å². The highest BCUT2D eigenvalue weighted by Gasteiger charge is 2.12. The average Bonchev–Trinajstić information content (AvgIpc) is 2.55. The van der Waals surface area contributed by atoms with E-state index in [1.165, 1.54) is 0 Å². The maximum Gasteiger partial charge on any atom is 0.343 e. The first-order chi connectivity index (χ1) is 10.8. The van der Waals surface area contributed by atoms with E-state index in [1.807, 2.05) is 30.3 Å². The number of hydrogen-bond donors (Lipinski definition) is 0. The molecule has 0 unspecified atom stereocenters. The lowest BCUT2D eigenvalue weighted by molar-refractivity contribution is 0.0736. The summed E-state index contributed by atoms with van der Waals surface area (Å²) in [6.07, 6.45) is 0. The third kappa shape index (κ3) is 2.75. The first kappa shape index (κ1) is 13.7. The van der Waals surface area contributed by atoms with Gasteiger partial charge < -0.3 is 4.74 Å².